The molecular weight excluding hydrogens is 401 g/mol. The molecule has 4 rings (SSSR count). The number of hydrogen-bond donors (Lipinski definition) is 1. The fraction of sp³-hybridized carbons (Fsp3) is 0.182. The number of rotatable bonds is 4. The molecule has 3 heterocycles. The molecule has 0 radical (unpaired) electrons. The van der Waals surface area contributed by atoms with Crippen molar-refractivity contribution in [2.45, 2.75) is 0 Å². The number of nitrogens with one attached hydrogen (secondary N) is 1. The highest BCUT2D eigenvalue weighted by Crippen LogP contribution is 2.16. The summed E-state index contributed by atoms with van der Waals surface area (Å²) in [6, 6.07) is 15.0. The van der Waals surface area contributed by atoms with E-state index in [0.717, 1.165) is 0 Å². The van der Waals surface area contributed by atoms with Crippen LogP contribution in [0.25, 0.3) is 0 Å². The molecule has 1 saturated heterocycles. The van der Waals surface area contributed by atoms with Crippen LogP contribution in [0.15, 0.2) is 67.0 Å². The van der Waals surface area contributed by atoms with Gasteiger partial charge in [-0.3, -0.25) is 4.79 Å². The van der Waals surface area contributed by atoms with Crippen molar-refractivity contribution in [3.63, 3.8) is 0 Å². The Kier molecular flexibility index (Phi) is 6.02. The van der Waals surface area contributed by atoms with Crippen LogP contribution in [0.3, 0.4) is 0 Å². The normalized spacial score (nSPS) is 13.6. The highest BCUT2D eigenvalue weighted by Gasteiger charge is 2.23. The Balaban J connectivity index is 1.28. The van der Waals surface area contributed by atoms with Crippen LogP contribution in [0.2, 0.25) is 0 Å². The van der Waals surface area contributed by atoms with Crippen molar-refractivity contribution in [1.29, 1.82) is 0 Å². The third kappa shape index (κ3) is 5.13. The summed E-state index contributed by atoms with van der Waals surface area (Å²) in [6.45, 7) is 2.02. The monoisotopic (exact) mass is 421 g/mol. The Bertz CT molecular complexity index is 1040. The van der Waals surface area contributed by atoms with Crippen LogP contribution in [0, 0.1) is 5.82 Å². The standard InChI is InChI=1S/C22H20FN5O3/c23-17-6-8-19(24-14-17)27-10-12-28(13-11-27)22(30)31-20-9-7-18(15-25-20)26-21(29)16-4-2-1-3-5-16/h1-9,14-15H,10-13H2,(H,26,29). The lowest BCUT2D eigenvalue weighted by atomic mass is 10.2. The van der Waals surface area contributed by atoms with Crippen molar-refractivity contribution in [2.75, 3.05) is 36.4 Å². The fourth-order valence-corrected chi connectivity index (χ4v) is 3.13. The smallest absolute Gasteiger partial charge is 0.391 e. The zero-order valence-corrected chi connectivity index (χ0v) is 16.6. The largest absolute Gasteiger partial charge is 0.416 e. The number of carbonyl (C=O) groups is 2. The molecule has 1 aliphatic rings. The second kappa shape index (κ2) is 9.21. The van der Waals surface area contributed by atoms with Crippen molar-refractivity contribution >= 4 is 23.5 Å². The van der Waals surface area contributed by atoms with Crippen LogP contribution in [0.5, 0.6) is 5.88 Å². The molecule has 158 valence electrons. The Hall–Kier alpha value is -4.01. The summed E-state index contributed by atoms with van der Waals surface area (Å²) in [4.78, 5) is 36.3. The van der Waals surface area contributed by atoms with Crippen molar-refractivity contribution in [1.82, 2.24) is 14.9 Å². The Morgan fingerprint density at radius 2 is 1.68 bits per heavy atom. The first-order chi connectivity index (χ1) is 15.1. The van der Waals surface area contributed by atoms with Gasteiger partial charge in [0.05, 0.1) is 18.1 Å². The lowest BCUT2D eigenvalue weighted by molar-refractivity contribution is 0.102. The van der Waals surface area contributed by atoms with Crippen LogP contribution in [0.1, 0.15) is 10.4 Å². The van der Waals surface area contributed by atoms with E-state index in [-0.39, 0.29) is 17.6 Å². The molecule has 9 heteroatoms. The van der Waals surface area contributed by atoms with Crippen molar-refractivity contribution in [2.24, 2.45) is 0 Å². The van der Waals surface area contributed by atoms with Crippen LogP contribution in [0.4, 0.5) is 20.7 Å². The molecule has 0 bridgehead atoms. The molecule has 3 aromatic rings. The van der Waals surface area contributed by atoms with Gasteiger partial charge in [0.25, 0.3) is 5.91 Å². The zero-order valence-electron chi connectivity index (χ0n) is 16.6. The molecule has 2 aromatic heterocycles. The maximum atomic E-state index is 13.0. The summed E-state index contributed by atoms with van der Waals surface area (Å²) < 4.78 is 18.4. The van der Waals surface area contributed by atoms with Gasteiger partial charge in [-0.15, -0.1) is 0 Å². The van der Waals surface area contributed by atoms with Crippen LogP contribution < -0.4 is 15.0 Å². The van der Waals surface area contributed by atoms with Crippen molar-refractivity contribution in [3.05, 3.63) is 78.4 Å². The van der Waals surface area contributed by atoms with Gasteiger partial charge in [0.15, 0.2) is 0 Å². The number of halogens is 1. The molecule has 0 spiro atoms. The second-order valence-electron chi connectivity index (χ2n) is 6.88. The number of nitrogens with zero attached hydrogens (tertiary/aromatic N) is 4. The molecular formula is C22H20FN5O3. The minimum atomic E-state index is -0.500. The fourth-order valence-electron chi connectivity index (χ4n) is 3.13. The summed E-state index contributed by atoms with van der Waals surface area (Å²) in [5.74, 6) is 0.180. The summed E-state index contributed by atoms with van der Waals surface area (Å²) in [6.07, 6.45) is 2.11. The Morgan fingerprint density at radius 1 is 0.903 bits per heavy atom. The summed E-state index contributed by atoms with van der Waals surface area (Å²) in [5, 5.41) is 2.74. The highest BCUT2D eigenvalue weighted by molar-refractivity contribution is 6.04. The van der Waals surface area contributed by atoms with Crippen LogP contribution in [-0.2, 0) is 0 Å². The Morgan fingerprint density at radius 3 is 2.32 bits per heavy atom. The number of pyridine rings is 2. The van der Waals surface area contributed by atoms with E-state index in [1.165, 1.54) is 24.5 Å². The van der Waals surface area contributed by atoms with Crippen molar-refractivity contribution in [3.8, 4) is 5.88 Å². The first-order valence-corrected chi connectivity index (χ1v) is 9.74. The maximum absolute atomic E-state index is 13.0. The third-order valence-electron chi connectivity index (χ3n) is 4.80. The molecule has 1 N–H and O–H groups in total. The average Bonchev–Trinajstić information content (AvgIpc) is 2.81. The van der Waals surface area contributed by atoms with E-state index in [1.54, 1.807) is 41.3 Å². The van der Waals surface area contributed by atoms with Gasteiger partial charge in [-0.1, -0.05) is 18.2 Å². The van der Waals surface area contributed by atoms with Gasteiger partial charge in [-0.25, -0.2) is 19.2 Å². The summed E-state index contributed by atoms with van der Waals surface area (Å²) in [5.41, 5.74) is 1.03. The second-order valence-corrected chi connectivity index (χ2v) is 6.88. The number of hydrogen-bond acceptors (Lipinski definition) is 6. The van der Waals surface area contributed by atoms with E-state index in [0.29, 0.717) is 43.2 Å². The lowest BCUT2D eigenvalue weighted by Crippen LogP contribution is -2.49. The van der Waals surface area contributed by atoms with Gasteiger partial charge < -0.3 is 19.9 Å². The minimum absolute atomic E-state index is 0.144. The topological polar surface area (TPSA) is 87.7 Å². The van der Waals surface area contributed by atoms with Gasteiger partial charge in [-0.2, -0.15) is 0 Å². The van der Waals surface area contributed by atoms with Gasteiger partial charge in [0.2, 0.25) is 5.88 Å². The van der Waals surface area contributed by atoms with Crippen LogP contribution >= 0.6 is 0 Å². The zero-order chi connectivity index (χ0) is 21.6. The molecule has 31 heavy (non-hydrogen) atoms. The SMILES string of the molecule is O=C(Nc1ccc(OC(=O)N2CCN(c3ccc(F)cn3)CC2)nc1)c1ccccc1. The molecule has 0 unspecified atom stereocenters. The molecule has 0 aliphatic carbocycles. The first-order valence-electron chi connectivity index (χ1n) is 9.74. The van der Waals surface area contributed by atoms with Crippen molar-refractivity contribution < 1.29 is 18.7 Å². The van der Waals surface area contributed by atoms with E-state index in [4.69, 9.17) is 4.74 Å². The molecule has 1 aliphatic heterocycles. The highest BCUT2D eigenvalue weighted by atomic mass is 19.1. The number of benzene rings is 1. The molecule has 2 amide bonds. The average molecular weight is 421 g/mol. The number of carbonyl (C=O) groups excluding carboxylic acids is 2. The van der Waals surface area contributed by atoms with E-state index in [2.05, 4.69) is 15.3 Å². The lowest BCUT2D eigenvalue weighted by Gasteiger charge is -2.34. The van der Waals surface area contributed by atoms with E-state index in [9.17, 15) is 14.0 Å². The molecule has 8 nitrogen and oxygen atoms in total. The van der Waals surface area contributed by atoms with Gasteiger partial charge in [0.1, 0.15) is 11.6 Å². The van der Waals surface area contributed by atoms with Gasteiger partial charge in [0, 0.05) is 37.8 Å². The number of piperazine rings is 1. The molecule has 0 saturated carbocycles. The summed E-state index contributed by atoms with van der Waals surface area (Å²) >= 11 is 0. The van der Waals surface area contributed by atoms with E-state index < -0.39 is 6.09 Å². The van der Waals surface area contributed by atoms with Gasteiger partial charge >= 0.3 is 6.09 Å². The number of ether oxygens (including phenoxy) is 1. The first kappa shape index (κ1) is 20.3. The van der Waals surface area contributed by atoms with E-state index >= 15 is 0 Å². The molecule has 1 fully saturated rings. The summed E-state index contributed by atoms with van der Waals surface area (Å²) in [7, 11) is 0. The molecule has 0 atom stereocenters. The minimum Gasteiger partial charge on any atom is -0.391 e. The van der Waals surface area contributed by atoms with Gasteiger partial charge in [-0.05, 0) is 30.3 Å². The quantitative estimate of drug-likeness (QED) is 0.696. The Labute approximate surface area is 178 Å². The number of amides is 2. The predicted molar refractivity (Wildman–Crippen MR) is 113 cm³/mol. The number of aromatic nitrogens is 2. The third-order valence-corrected chi connectivity index (χ3v) is 4.80. The maximum Gasteiger partial charge on any atom is 0.416 e. The number of anilines is 2. The van der Waals surface area contributed by atoms with E-state index in [1.807, 2.05) is 11.0 Å². The van der Waals surface area contributed by atoms with Crippen LogP contribution in [-0.4, -0.2) is 53.0 Å². The predicted octanol–water partition coefficient (Wildman–Crippen LogP) is 3.19. The molecule has 1 aromatic carbocycles.